The van der Waals surface area contributed by atoms with Gasteiger partial charge in [-0.25, -0.2) is 4.79 Å². The molecule has 0 aromatic carbocycles. The Morgan fingerprint density at radius 3 is 2.46 bits per heavy atom. The molecule has 72 valence electrons. The quantitative estimate of drug-likeness (QED) is 0.593. The van der Waals surface area contributed by atoms with Crippen molar-refractivity contribution in [1.29, 1.82) is 0 Å². The number of urea groups is 1. The van der Waals surface area contributed by atoms with Gasteiger partial charge in [-0.3, -0.25) is 9.69 Å². The van der Waals surface area contributed by atoms with Gasteiger partial charge >= 0.3 is 6.03 Å². The molecule has 0 N–H and O–H groups in total. The number of carbonyl (C=O) groups excluding carboxylic acids is 2. The molecule has 1 saturated heterocycles. The summed E-state index contributed by atoms with van der Waals surface area (Å²) >= 11 is 0. The predicted molar refractivity (Wildman–Crippen MR) is 47.1 cm³/mol. The maximum Gasteiger partial charge on any atom is 0.327 e. The van der Waals surface area contributed by atoms with E-state index in [9.17, 15) is 9.59 Å². The Labute approximate surface area is 77.5 Å². The van der Waals surface area contributed by atoms with E-state index in [0.717, 1.165) is 19.3 Å². The summed E-state index contributed by atoms with van der Waals surface area (Å²) in [6.07, 6.45) is 3.14. The van der Waals surface area contributed by atoms with Crippen LogP contribution >= 0.6 is 0 Å². The summed E-state index contributed by atoms with van der Waals surface area (Å²) in [6.45, 7) is 2.81. The molecule has 1 aliphatic carbocycles. The minimum atomic E-state index is -0.0859. The average Bonchev–Trinajstić information content (AvgIpc) is 2.29. The highest BCUT2D eigenvalue weighted by molar-refractivity contribution is 6.02. The SMILES string of the molecule is CCN1CC(=O)N(C2CCC2)C1=O. The first kappa shape index (κ1) is 8.53. The summed E-state index contributed by atoms with van der Waals surface area (Å²) < 4.78 is 0. The molecule has 1 saturated carbocycles. The second kappa shape index (κ2) is 3.01. The molecular formula is C9H14N2O2. The zero-order valence-electron chi connectivity index (χ0n) is 7.82. The van der Waals surface area contributed by atoms with Gasteiger partial charge in [0.25, 0.3) is 5.91 Å². The summed E-state index contributed by atoms with van der Waals surface area (Å²) in [7, 11) is 0. The van der Waals surface area contributed by atoms with Crippen LogP contribution in [0.2, 0.25) is 0 Å². The van der Waals surface area contributed by atoms with Gasteiger partial charge < -0.3 is 4.90 Å². The Kier molecular flexibility index (Phi) is 1.98. The van der Waals surface area contributed by atoms with E-state index in [1.165, 1.54) is 4.90 Å². The maximum atomic E-state index is 11.6. The van der Waals surface area contributed by atoms with E-state index in [1.54, 1.807) is 4.90 Å². The lowest BCUT2D eigenvalue weighted by molar-refractivity contribution is -0.127. The van der Waals surface area contributed by atoms with Gasteiger partial charge in [-0.05, 0) is 26.2 Å². The molecule has 2 fully saturated rings. The van der Waals surface area contributed by atoms with E-state index in [0.29, 0.717) is 6.54 Å². The summed E-state index contributed by atoms with van der Waals surface area (Å²) in [6, 6.07) is 0.119. The van der Waals surface area contributed by atoms with Crippen LogP contribution in [0.15, 0.2) is 0 Å². The number of imide groups is 1. The molecule has 0 aromatic rings. The summed E-state index contributed by atoms with van der Waals surface area (Å²) in [5, 5.41) is 0. The second-order valence-corrected chi connectivity index (χ2v) is 3.65. The molecule has 3 amide bonds. The normalized spacial score (nSPS) is 24.1. The third-order valence-corrected chi connectivity index (χ3v) is 2.89. The molecule has 0 atom stereocenters. The number of amides is 3. The van der Waals surface area contributed by atoms with Gasteiger partial charge in [0.2, 0.25) is 0 Å². The molecule has 1 heterocycles. The number of hydrogen-bond acceptors (Lipinski definition) is 2. The maximum absolute atomic E-state index is 11.6. The van der Waals surface area contributed by atoms with Crippen molar-refractivity contribution < 1.29 is 9.59 Å². The van der Waals surface area contributed by atoms with E-state index in [4.69, 9.17) is 0 Å². The number of carbonyl (C=O) groups is 2. The Balaban J connectivity index is 2.09. The summed E-state index contributed by atoms with van der Waals surface area (Å²) in [5.41, 5.74) is 0. The Bertz CT molecular complexity index is 248. The molecule has 2 rings (SSSR count). The fourth-order valence-corrected chi connectivity index (χ4v) is 1.82. The Morgan fingerprint density at radius 2 is 2.08 bits per heavy atom. The van der Waals surface area contributed by atoms with Gasteiger partial charge in [0.1, 0.15) is 6.54 Å². The second-order valence-electron chi connectivity index (χ2n) is 3.65. The Morgan fingerprint density at radius 1 is 1.38 bits per heavy atom. The summed E-state index contributed by atoms with van der Waals surface area (Å²) in [5.74, 6) is -0.0171. The molecular weight excluding hydrogens is 168 g/mol. The van der Waals surface area contributed by atoms with Gasteiger partial charge in [0, 0.05) is 12.6 Å². The van der Waals surface area contributed by atoms with Crippen LogP contribution < -0.4 is 0 Å². The van der Waals surface area contributed by atoms with Gasteiger partial charge in [-0.15, -0.1) is 0 Å². The van der Waals surface area contributed by atoms with E-state index in [1.807, 2.05) is 6.92 Å². The van der Waals surface area contributed by atoms with E-state index in [-0.39, 0.29) is 24.5 Å². The lowest BCUT2D eigenvalue weighted by Gasteiger charge is -2.32. The minimum Gasteiger partial charge on any atom is -0.315 e. The number of hydrogen-bond donors (Lipinski definition) is 0. The molecule has 4 heteroatoms. The minimum absolute atomic E-state index is 0.0171. The van der Waals surface area contributed by atoms with E-state index >= 15 is 0 Å². The third kappa shape index (κ3) is 1.20. The van der Waals surface area contributed by atoms with Crippen molar-refractivity contribution >= 4 is 11.9 Å². The van der Waals surface area contributed by atoms with Crippen LogP contribution in [0.5, 0.6) is 0 Å². The molecule has 4 nitrogen and oxygen atoms in total. The lowest BCUT2D eigenvalue weighted by atomic mass is 9.92. The number of likely N-dealkylation sites (N-methyl/N-ethyl adjacent to an activating group) is 1. The van der Waals surface area contributed by atoms with E-state index in [2.05, 4.69) is 0 Å². The topological polar surface area (TPSA) is 40.6 Å². The average molecular weight is 182 g/mol. The van der Waals surface area contributed by atoms with Crippen molar-refractivity contribution in [3.63, 3.8) is 0 Å². The molecule has 0 bridgehead atoms. The molecule has 13 heavy (non-hydrogen) atoms. The molecule has 0 spiro atoms. The van der Waals surface area contributed by atoms with E-state index < -0.39 is 0 Å². The molecule has 0 radical (unpaired) electrons. The highest BCUT2D eigenvalue weighted by Gasteiger charge is 2.41. The van der Waals surface area contributed by atoms with Crippen molar-refractivity contribution in [2.24, 2.45) is 0 Å². The first-order valence-corrected chi connectivity index (χ1v) is 4.85. The number of rotatable bonds is 2. The predicted octanol–water partition coefficient (Wildman–Crippen LogP) is 0.823. The van der Waals surface area contributed by atoms with Crippen molar-refractivity contribution in [2.45, 2.75) is 32.2 Å². The molecule has 1 aliphatic heterocycles. The first-order chi connectivity index (χ1) is 6.24. The van der Waals surface area contributed by atoms with Crippen molar-refractivity contribution in [2.75, 3.05) is 13.1 Å². The number of nitrogens with zero attached hydrogens (tertiary/aromatic N) is 2. The van der Waals surface area contributed by atoms with Crippen molar-refractivity contribution in [3.8, 4) is 0 Å². The van der Waals surface area contributed by atoms with Crippen LogP contribution in [0.1, 0.15) is 26.2 Å². The smallest absolute Gasteiger partial charge is 0.315 e. The van der Waals surface area contributed by atoms with Crippen LogP contribution in [0.4, 0.5) is 4.79 Å². The molecule has 0 unspecified atom stereocenters. The van der Waals surface area contributed by atoms with Crippen LogP contribution in [-0.4, -0.2) is 40.9 Å². The highest BCUT2D eigenvalue weighted by Crippen LogP contribution is 2.28. The van der Waals surface area contributed by atoms with Gasteiger partial charge in [0.15, 0.2) is 0 Å². The Hall–Kier alpha value is -1.06. The van der Waals surface area contributed by atoms with Crippen molar-refractivity contribution in [1.82, 2.24) is 9.80 Å². The zero-order valence-corrected chi connectivity index (χ0v) is 7.82. The summed E-state index contributed by atoms with van der Waals surface area (Å²) in [4.78, 5) is 26.1. The molecule has 2 aliphatic rings. The molecule has 0 aromatic heterocycles. The fourth-order valence-electron chi connectivity index (χ4n) is 1.82. The largest absolute Gasteiger partial charge is 0.327 e. The monoisotopic (exact) mass is 182 g/mol. The van der Waals surface area contributed by atoms with Crippen LogP contribution in [0, 0.1) is 0 Å². The third-order valence-electron chi connectivity index (χ3n) is 2.89. The van der Waals surface area contributed by atoms with Crippen LogP contribution in [-0.2, 0) is 4.79 Å². The highest BCUT2D eigenvalue weighted by atomic mass is 16.2. The fraction of sp³-hybridized carbons (Fsp3) is 0.778. The van der Waals surface area contributed by atoms with Gasteiger partial charge in [0.05, 0.1) is 0 Å². The zero-order chi connectivity index (χ0) is 9.42. The van der Waals surface area contributed by atoms with Gasteiger partial charge in [-0.2, -0.15) is 0 Å². The standard InChI is InChI=1S/C9H14N2O2/c1-2-10-6-8(12)11(9(10)13)7-4-3-5-7/h7H,2-6H2,1H3. The lowest BCUT2D eigenvalue weighted by Crippen LogP contribution is -2.44. The first-order valence-electron chi connectivity index (χ1n) is 4.85. The van der Waals surface area contributed by atoms with Crippen molar-refractivity contribution in [3.05, 3.63) is 0 Å². The van der Waals surface area contributed by atoms with Crippen LogP contribution in [0.25, 0.3) is 0 Å². The van der Waals surface area contributed by atoms with Gasteiger partial charge in [-0.1, -0.05) is 0 Å². The van der Waals surface area contributed by atoms with Crippen LogP contribution in [0.3, 0.4) is 0 Å².